The second-order valence-electron chi connectivity index (χ2n) is 4.16. The molecule has 1 aromatic rings. The van der Waals surface area contributed by atoms with Crippen LogP contribution in [0.2, 0.25) is 0 Å². The van der Waals surface area contributed by atoms with Gasteiger partial charge in [0, 0.05) is 6.61 Å². The van der Waals surface area contributed by atoms with Crippen molar-refractivity contribution in [3.63, 3.8) is 0 Å². The molecular weight excluding hydrogens is 216 g/mol. The highest BCUT2D eigenvalue weighted by atomic mass is 16.5. The van der Waals surface area contributed by atoms with Crippen LogP contribution in [0.4, 0.5) is 0 Å². The van der Waals surface area contributed by atoms with Crippen LogP contribution in [0.3, 0.4) is 0 Å². The molecule has 0 saturated carbocycles. The molecule has 0 aliphatic carbocycles. The quantitative estimate of drug-likeness (QED) is 0.738. The molecule has 0 aliphatic rings. The summed E-state index contributed by atoms with van der Waals surface area (Å²) in [6.45, 7) is 2.43. The molecule has 0 unspecified atom stereocenters. The summed E-state index contributed by atoms with van der Waals surface area (Å²) in [5.74, 6) is -0.274. The summed E-state index contributed by atoms with van der Waals surface area (Å²) in [4.78, 5) is 11.4. The summed E-state index contributed by atoms with van der Waals surface area (Å²) < 4.78 is 5.01. The van der Waals surface area contributed by atoms with Crippen LogP contribution in [-0.2, 0) is 16.0 Å². The molecule has 0 aliphatic heterocycles. The van der Waals surface area contributed by atoms with E-state index in [0.717, 1.165) is 12.0 Å². The molecule has 17 heavy (non-hydrogen) atoms. The van der Waals surface area contributed by atoms with Gasteiger partial charge in [-0.2, -0.15) is 0 Å². The number of carbonyl (C=O) groups excluding carboxylic acids is 1. The highest BCUT2D eigenvalue weighted by molar-refractivity contribution is 5.69. The standard InChI is InChI=1S/C14H20O3/c1-2-8-17-14(16)10-13(11-15)9-12-6-4-3-5-7-12/h3-7,13,15H,2,8-11H2,1H3/t13-/m0/s1. The Labute approximate surface area is 102 Å². The molecule has 0 heterocycles. The third kappa shape index (κ3) is 5.50. The lowest BCUT2D eigenvalue weighted by Crippen LogP contribution is -2.17. The molecule has 94 valence electrons. The fraction of sp³-hybridized carbons (Fsp3) is 0.500. The van der Waals surface area contributed by atoms with Crippen LogP contribution in [0, 0.1) is 5.92 Å². The van der Waals surface area contributed by atoms with Gasteiger partial charge in [-0.3, -0.25) is 4.79 Å². The lowest BCUT2D eigenvalue weighted by molar-refractivity contribution is -0.145. The van der Waals surface area contributed by atoms with Gasteiger partial charge in [0.1, 0.15) is 0 Å². The van der Waals surface area contributed by atoms with Crippen molar-refractivity contribution in [3.8, 4) is 0 Å². The largest absolute Gasteiger partial charge is 0.466 e. The minimum Gasteiger partial charge on any atom is -0.466 e. The summed E-state index contributed by atoms with van der Waals surface area (Å²) >= 11 is 0. The SMILES string of the molecule is CCCOC(=O)C[C@@H](CO)Cc1ccccc1. The van der Waals surface area contributed by atoms with E-state index in [1.165, 1.54) is 0 Å². The van der Waals surface area contributed by atoms with E-state index in [1.807, 2.05) is 37.3 Å². The van der Waals surface area contributed by atoms with E-state index >= 15 is 0 Å². The maximum atomic E-state index is 11.4. The van der Waals surface area contributed by atoms with Gasteiger partial charge in [0.15, 0.2) is 0 Å². The second-order valence-corrected chi connectivity index (χ2v) is 4.16. The first-order valence-corrected chi connectivity index (χ1v) is 6.06. The van der Waals surface area contributed by atoms with E-state index in [4.69, 9.17) is 4.74 Å². The van der Waals surface area contributed by atoms with Crippen LogP contribution in [0.15, 0.2) is 30.3 Å². The van der Waals surface area contributed by atoms with Crippen molar-refractivity contribution in [1.82, 2.24) is 0 Å². The number of hydrogen-bond acceptors (Lipinski definition) is 3. The molecule has 0 aromatic heterocycles. The van der Waals surface area contributed by atoms with Crippen molar-refractivity contribution in [3.05, 3.63) is 35.9 Å². The zero-order chi connectivity index (χ0) is 12.5. The smallest absolute Gasteiger partial charge is 0.306 e. The summed E-state index contributed by atoms with van der Waals surface area (Å²) in [5.41, 5.74) is 1.13. The number of rotatable bonds is 7. The zero-order valence-corrected chi connectivity index (χ0v) is 10.3. The number of carbonyl (C=O) groups is 1. The molecule has 1 rings (SSSR count). The monoisotopic (exact) mass is 236 g/mol. The van der Waals surface area contributed by atoms with Crippen molar-refractivity contribution < 1.29 is 14.6 Å². The van der Waals surface area contributed by atoms with Gasteiger partial charge in [-0.05, 0) is 24.3 Å². The number of ether oxygens (including phenoxy) is 1. The number of benzene rings is 1. The molecular formula is C14H20O3. The molecule has 0 amide bonds. The Hall–Kier alpha value is -1.35. The average Bonchev–Trinajstić information content (AvgIpc) is 2.36. The van der Waals surface area contributed by atoms with Gasteiger partial charge in [-0.15, -0.1) is 0 Å². The normalized spacial score (nSPS) is 12.1. The summed E-state index contributed by atoms with van der Waals surface area (Å²) in [5, 5.41) is 9.25. The molecule has 0 spiro atoms. The van der Waals surface area contributed by atoms with Crippen molar-refractivity contribution in [2.75, 3.05) is 13.2 Å². The Balaban J connectivity index is 2.41. The fourth-order valence-corrected chi connectivity index (χ4v) is 1.66. The maximum absolute atomic E-state index is 11.4. The third-order valence-electron chi connectivity index (χ3n) is 2.55. The zero-order valence-electron chi connectivity index (χ0n) is 10.3. The lowest BCUT2D eigenvalue weighted by Gasteiger charge is -2.13. The topological polar surface area (TPSA) is 46.5 Å². The van der Waals surface area contributed by atoms with Crippen LogP contribution in [0.5, 0.6) is 0 Å². The Bertz CT molecular complexity index is 321. The number of esters is 1. The molecule has 1 aromatic carbocycles. The molecule has 1 atom stereocenters. The molecule has 3 nitrogen and oxygen atoms in total. The Morgan fingerprint density at radius 2 is 2.06 bits per heavy atom. The molecule has 1 N–H and O–H groups in total. The first kappa shape index (κ1) is 13.7. The second kappa shape index (κ2) is 7.85. The van der Waals surface area contributed by atoms with Crippen LogP contribution in [0.1, 0.15) is 25.3 Å². The first-order valence-electron chi connectivity index (χ1n) is 6.06. The highest BCUT2D eigenvalue weighted by Gasteiger charge is 2.14. The van der Waals surface area contributed by atoms with Crippen LogP contribution in [0.25, 0.3) is 0 Å². The van der Waals surface area contributed by atoms with Gasteiger partial charge in [0.25, 0.3) is 0 Å². The molecule has 0 radical (unpaired) electrons. The van der Waals surface area contributed by atoms with E-state index in [9.17, 15) is 9.90 Å². The summed E-state index contributed by atoms with van der Waals surface area (Å²) in [6.07, 6.45) is 1.82. The Kier molecular flexibility index (Phi) is 6.33. The highest BCUT2D eigenvalue weighted by Crippen LogP contribution is 2.12. The first-order chi connectivity index (χ1) is 8.26. The number of aliphatic hydroxyl groups is 1. The Morgan fingerprint density at radius 1 is 1.35 bits per heavy atom. The molecule has 0 saturated heterocycles. The third-order valence-corrected chi connectivity index (χ3v) is 2.55. The fourth-order valence-electron chi connectivity index (χ4n) is 1.66. The molecule has 0 bridgehead atoms. The lowest BCUT2D eigenvalue weighted by atomic mass is 9.97. The van der Waals surface area contributed by atoms with Gasteiger partial charge in [0.05, 0.1) is 13.0 Å². The predicted molar refractivity (Wildman–Crippen MR) is 66.6 cm³/mol. The van der Waals surface area contributed by atoms with Gasteiger partial charge in [0.2, 0.25) is 0 Å². The van der Waals surface area contributed by atoms with Crippen LogP contribution < -0.4 is 0 Å². The molecule has 0 fully saturated rings. The maximum Gasteiger partial charge on any atom is 0.306 e. The van der Waals surface area contributed by atoms with E-state index in [0.29, 0.717) is 13.0 Å². The van der Waals surface area contributed by atoms with Gasteiger partial charge in [-0.25, -0.2) is 0 Å². The summed E-state index contributed by atoms with van der Waals surface area (Å²) in [7, 11) is 0. The minimum atomic E-state index is -0.221. The predicted octanol–water partition coefficient (Wildman–Crippen LogP) is 2.18. The van der Waals surface area contributed by atoms with Gasteiger partial charge >= 0.3 is 5.97 Å². The van der Waals surface area contributed by atoms with Crippen molar-refractivity contribution in [2.24, 2.45) is 5.92 Å². The van der Waals surface area contributed by atoms with E-state index in [-0.39, 0.29) is 24.9 Å². The van der Waals surface area contributed by atoms with Crippen LogP contribution in [-0.4, -0.2) is 24.3 Å². The van der Waals surface area contributed by atoms with E-state index in [2.05, 4.69) is 0 Å². The Morgan fingerprint density at radius 3 is 2.65 bits per heavy atom. The van der Waals surface area contributed by atoms with E-state index in [1.54, 1.807) is 0 Å². The molecule has 3 heteroatoms. The number of aliphatic hydroxyl groups excluding tert-OH is 1. The van der Waals surface area contributed by atoms with Crippen molar-refractivity contribution in [2.45, 2.75) is 26.2 Å². The minimum absolute atomic E-state index is 0.0100. The average molecular weight is 236 g/mol. The van der Waals surface area contributed by atoms with E-state index < -0.39 is 0 Å². The van der Waals surface area contributed by atoms with Crippen molar-refractivity contribution in [1.29, 1.82) is 0 Å². The van der Waals surface area contributed by atoms with Gasteiger partial charge < -0.3 is 9.84 Å². The summed E-state index contributed by atoms with van der Waals surface area (Å²) in [6, 6.07) is 9.87. The number of hydrogen-bond donors (Lipinski definition) is 1. The van der Waals surface area contributed by atoms with Gasteiger partial charge in [-0.1, -0.05) is 37.3 Å². The van der Waals surface area contributed by atoms with Crippen molar-refractivity contribution >= 4 is 5.97 Å². The van der Waals surface area contributed by atoms with Crippen LogP contribution >= 0.6 is 0 Å².